The molecular weight excluding hydrogens is 310 g/mol. The van der Waals surface area contributed by atoms with Gasteiger partial charge in [-0.2, -0.15) is 0 Å². The second kappa shape index (κ2) is 7.23. The molecular formula is C13H27N3O7. The van der Waals surface area contributed by atoms with Crippen LogP contribution in [0.15, 0.2) is 0 Å². The van der Waals surface area contributed by atoms with Crippen molar-refractivity contribution in [1.82, 2.24) is 0 Å². The van der Waals surface area contributed by atoms with Crippen LogP contribution < -0.4 is 17.2 Å². The first kappa shape index (κ1) is 18.9. The second-order valence-electron chi connectivity index (χ2n) is 6.41. The highest BCUT2D eigenvalue weighted by atomic mass is 16.7. The lowest BCUT2D eigenvalue weighted by Crippen LogP contribution is -2.67. The molecule has 1 aliphatic heterocycles. The molecule has 10 heteroatoms. The molecule has 1 aliphatic carbocycles. The molecule has 0 bridgehead atoms. The Hall–Kier alpha value is -0.400. The standard InChI is InChI=1S/C13H27N3O7/c1-3(17)11-10(21)8(19)6(16)13(22-11)23-12-5(15)2-4(14)7(18)9(12)20/h3-13,17-21H,2,14-16H2,1H3/t3-,4+,5-,6-,7-,8-,9+,10+,11-,12+,13-/m1/s1. The maximum atomic E-state index is 10.1. The molecule has 136 valence electrons. The average molecular weight is 337 g/mol. The van der Waals surface area contributed by atoms with Crippen LogP contribution in [-0.2, 0) is 9.47 Å². The van der Waals surface area contributed by atoms with Crippen molar-refractivity contribution in [3.8, 4) is 0 Å². The largest absolute Gasteiger partial charge is 0.391 e. The van der Waals surface area contributed by atoms with Crippen LogP contribution in [0.1, 0.15) is 13.3 Å². The van der Waals surface area contributed by atoms with Gasteiger partial charge in [-0.15, -0.1) is 0 Å². The lowest BCUT2D eigenvalue weighted by atomic mass is 9.84. The number of aliphatic hydroxyl groups is 5. The summed E-state index contributed by atoms with van der Waals surface area (Å²) in [7, 11) is 0. The Kier molecular flexibility index (Phi) is 5.95. The van der Waals surface area contributed by atoms with Crippen LogP contribution in [0.4, 0.5) is 0 Å². The average Bonchev–Trinajstić information content (AvgIpc) is 2.48. The first-order chi connectivity index (χ1) is 10.6. The van der Waals surface area contributed by atoms with Gasteiger partial charge in [0, 0.05) is 12.1 Å². The highest BCUT2D eigenvalue weighted by Crippen LogP contribution is 2.28. The van der Waals surface area contributed by atoms with Crippen molar-refractivity contribution in [2.75, 3.05) is 0 Å². The summed E-state index contributed by atoms with van der Waals surface area (Å²) < 4.78 is 11.0. The molecule has 0 unspecified atom stereocenters. The van der Waals surface area contributed by atoms with Crippen LogP contribution in [0.5, 0.6) is 0 Å². The van der Waals surface area contributed by atoms with Gasteiger partial charge in [0.1, 0.15) is 30.5 Å². The van der Waals surface area contributed by atoms with E-state index in [2.05, 4.69) is 0 Å². The van der Waals surface area contributed by atoms with Gasteiger partial charge in [0.05, 0.1) is 18.2 Å². The van der Waals surface area contributed by atoms with Gasteiger partial charge in [-0.05, 0) is 13.3 Å². The Morgan fingerprint density at radius 3 is 2.13 bits per heavy atom. The van der Waals surface area contributed by atoms with Crippen LogP contribution in [-0.4, -0.2) is 92.7 Å². The summed E-state index contributed by atoms with van der Waals surface area (Å²) in [5.41, 5.74) is 17.4. The minimum atomic E-state index is -1.39. The molecule has 0 aromatic heterocycles. The van der Waals surface area contributed by atoms with Gasteiger partial charge >= 0.3 is 0 Å². The van der Waals surface area contributed by atoms with E-state index in [0.717, 1.165) is 0 Å². The third kappa shape index (κ3) is 3.66. The summed E-state index contributed by atoms with van der Waals surface area (Å²) in [6.45, 7) is 1.39. The molecule has 0 aromatic rings. The Labute approximate surface area is 133 Å². The number of rotatable bonds is 3. The fourth-order valence-corrected chi connectivity index (χ4v) is 3.06. The number of ether oxygens (including phenoxy) is 2. The molecule has 0 aromatic carbocycles. The first-order valence-corrected chi connectivity index (χ1v) is 7.63. The molecule has 0 amide bonds. The van der Waals surface area contributed by atoms with E-state index in [0.29, 0.717) is 0 Å². The van der Waals surface area contributed by atoms with Crippen LogP contribution in [0, 0.1) is 0 Å². The molecule has 10 nitrogen and oxygen atoms in total. The van der Waals surface area contributed by atoms with Crippen molar-refractivity contribution < 1.29 is 35.0 Å². The first-order valence-electron chi connectivity index (χ1n) is 7.63. The molecule has 2 aliphatic rings. The third-order valence-electron chi connectivity index (χ3n) is 4.54. The summed E-state index contributed by atoms with van der Waals surface area (Å²) >= 11 is 0. The van der Waals surface area contributed by atoms with Crippen molar-refractivity contribution >= 4 is 0 Å². The summed E-state index contributed by atoms with van der Waals surface area (Å²) in [6.07, 6.45) is -9.55. The van der Waals surface area contributed by atoms with Gasteiger partial charge in [0.2, 0.25) is 0 Å². The van der Waals surface area contributed by atoms with E-state index in [9.17, 15) is 25.5 Å². The Bertz CT molecular complexity index is 402. The Morgan fingerprint density at radius 2 is 1.57 bits per heavy atom. The van der Waals surface area contributed by atoms with Gasteiger partial charge < -0.3 is 52.2 Å². The highest BCUT2D eigenvalue weighted by Gasteiger charge is 2.49. The van der Waals surface area contributed by atoms with Crippen LogP contribution in [0.2, 0.25) is 0 Å². The quantitative estimate of drug-likeness (QED) is 0.247. The SMILES string of the molecule is C[C@@H](O)[C@H]1O[C@H](O[C@@H]2[C@@H](O)[C@H](O)[C@@H](N)C[C@H]2N)[C@H](N)[C@@H](O)[C@@H]1O. The molecule has 11 N–H and O–H groups in total. The van der Waals surface area contributed by atoms with Gasteiger partial charge in [-0.25, -0.2) is 0 Å². The molecule has 23 heavy (non-hydrogen) atoms. The summed E-state index contributed by atoms with van der Waals surface area (Å²) in [4.78, 5) is 0. The number of hydrogen-bond acceptors (Lipinski definition) is 10. The second-order valence-corrected chi connectivity index (χ2v) is 6.41. The minimum absolute atomic E-state index is 0.218. The molecule has 0 radical (unpaired) electrons. The third-order valence-corrected chi connectivity index (χ3v) is 4.54. The predicted octanol–water partition coefficient (Wildman–Crippen LogP) is -4.69. The molecule has 1 saturated heterocycles. The van der Waals surface area contributed by atoms with Crippen molar-refractivity contribution in [1.29, 1.82) is 0 Å². The minimum Gasteiger partial charge on any atom is -0.391 e. The predicted molar refractivity (Wildman–Crippen MR) is 77.8 cm³/mol. The maximum absolute atomic E-state index is 10.1. The lowest BCUT2D eigenvalue weighted by Gasteiger charge is -2.46. The van der Waals surface area contributed by atoms with E-state index in [-0.39, 0.29) is 6.42 Å². The maximum Gasteiger partial charge on any atom is 0.176 e. The monoisotopic (exact) mass is 337 g/mol. The fraction of sp³-hybridized carbons (Fsp3) is 1.00. The van der Waals surface area contributed by atoms with E-state index in [1.165, 1.54) is 6.92 Å². The van der Waals surface area contributed by atoms with Gasteiger partial charge in [0.15, 0.2) is 6.29 Å². The summed E-state index contributed by atoms with van der Waals surface area (Å²) in [5.74, 6) is 0. The van der Waals surface area contributed by atoms with E-state index in [4.69, 9.17) is 26.7 Å². The van der Waals surface area contributed by atoms with Gasteiger partial charge in [0.25, 0.3) is 0 Å². The van der Waals surface area contributed by atoms with Crippen LogP contribution in [0.3, 0.4) is 0 Å². The van der Waals surface area contributed by atoms with Crippen LogP contribution >= 0.6 is 0 Å². The van der Waals surface area contributed by atoms with E-state index in [1.807, 2.05) is 0 Å². The molecule has 11 atom stereocenters. The molecule has 2 fully saturated rings. The van der Waals surface area contributed by atoms with Gasteiger partial charge in [-0.3, -0.25) is 0 Å². The van der Waals surface area contributed by atoms with Crippen molar-refractivity contribution in [2.24, 2.45) is 17.2 Å². The fourth-order valence-electron chi connectivity index (χ4n) is 3.06. The molecule has 0 spiro atoms. The molecule has 2 rings (SSSR count). The zero-order valence-electron chi connectivity index (χ0n) is 12.8. The molecule has 1 saturated carbocycles. The van der Waals surface area contributed by atoms with Crippen molar-refractivity contribution in [3.63, 3.8) is 0 Å². The smallest absolute Gasteiger partial charge is 0.176 e. The highest BCUT2D eigenvalue weighted by molar-refractivity contribution is 4.99. The molecule has 1 heterocycles. The van der Waals surface area contributed by atoms with E-state index < -0.39 is 67.1 Å². The van der Waals surface area contributed by atoms with E-state index in [1.54, 1.807) is 0 Å². The summed E-state index contributed by atoms with van der Waals surface area (Å²) in [5, 5.41) is 49.4. The zero-order valence-corrected chi connectivity index (χ0v) is 12.8. The topological polar surface area (TPSA) is 198 Å². The Morgan fingerprint density at radius 1 is 0.957 bits per heavy atom. The van der Waals surface area contributed by atoms with E-state index >= 15 is 0 Å². The van der Waals surface area contributed by atoms with Crippen LogP contribution in [0.25, 0.3) is 0 Å². The normalized spacial score (nSPS) is 53.1. The number of nitrogens with two attached hydrogens (primary N) is 3. The van der Waals surface area contributed by atoms with Crippen molar-refractivity contribution in [3.05, 3.63) is 0 Å². The lowest BCUT2D eigenvalue weighted by molar-refractivity contribution is -0.301. The Balaban J connectivity index is 2.11. The van der Waals surface area contributed by atoms with Crippen molar-refractivity contribution in [2.45, 2.75) is 80.5 Å². The summed E-state index contributed by atoms with van der Waals surface area (Å²) in [6, 6.07) is -2.47. The zero-order chi connectivity index (χ0) is 17.5. The number of hydrogen-bond donors (Lipinski definition) is 8. The van der Waals surface area contributed by atoms with Gasteiger partial charge in [-0.1, -0.05) is 0 Å². The number of aliphatic hydroxyl groups excluding tert-OH is 5.